The Morgan fingerprint density at radius 3 is 1.31 bits per heavy atom. The minimum atomic E-state index is -0.815. The number of rotatable bonds is 2. The number of aromatic nitrogens is 2. The van der Waals surface area contributed by atoms with E-state index in [0.717, 1.165) is 32.6 Å². The van der Waals surface area contributed by atoms with Crippen molar-refractivity contribution in [3.05, 3.63) is 71.8 Å². The predicted molar refractivity (Wildman–Crippen MR) is 120 cm³/mol. The van der Waals surface area contributed by atoms with Crippen LogP contribution in [-0.4, -0.2) is 45.5 Å². The second-order valence-electron chi connectivity index (χ2n) is 6.03. The van der Waals surface area contributed by atoms with Crippen LogP contribution in [0.3, 0.4) is 0 Å². The van der Waals surface area contributed by atoms with Crippen molar-refractivity contribution in [2.75, 3.05) is 26.2 Å². The van der Waals surface area contributed by atoms with Crippen molar-refractivity contribution in [1.29, 1.82) is 0 Å². The van der Waals surface area contributed by atoms with Gasteiger partial charge in [0.05, 0.1) is 0 Å². The Hall–Kier alpha value is -0.666. The normalized spacial score (nSPS) is 17.0. The predicted octanol–water partition coefficient (Wildman–Crippen LogP) is 3.83. The van der Waals surface area contributed by atoms with Gasteiger partial charge in [-0.15, -0.1) is 32.3 Å². The second kappa shape index (κ2) is 19.3. The summed E-state index contributed by atoms with van der Waals surface area (Å²) in [6.07, 6.45) is 16.4. The molecule has 0 amide bonds. The van der Waals surface area contributed by atoms with E-state index in [-0.39, 0.29) is 16.5 Å². The quantitative estimate of drug-likeness (QED) is 0.389. The molecule has 1 fully saturated rings. The molecule has 29 heavy (non-hydrogen) atoms. The Balaban J connectivity index is 0.000000359. The van der Waals surface area contributed by atoms with Crippen molar-refractivity contribution < 1.29 is 26.7 Å². The van der Waals surface area contributed by atoms with Crippen LogP contribution in [0.4, 0.5) is 0 Å². The number of nitrogens with zero attached hydrogens (tertiary/aromatic N) is 4. The van der Waals surface area contributed by atoms with Crippen molar-refractivity contribution >= 4 is 25.3 Å². The zero-order valence-corrected chi connectivity index (χ0v) is 19.0. The number of hydrogen-bond donors (Lipinski definition) is 2. The van der Waals surface area contributed by atoms with Gasteiger partial charge in [0.25, 0.3) is 0 Å². The molecule has 0 bridgehead atoms. The van der Waals surface area contributed by atoms with E-state index in [1.165, 1.54) is 28.4 Å². The molecule has 2 unspecified atom stereocenters. The van der Waals surface area contributed by atoms with Crippen LogP contribution in [0, 0.1) is 0 Å². The van der Waals surface area contributed by atoms with Gasteiger partial charge in [0.2, 0.25) is 0 Å². The van der Waals surface area contributed by atoms with E-state index in [2.05, 4.69) is 48.0 Å². The average Bonchev–Trinajstić information content (AvgIpc) is 3.46. The fourth-order valence-corrected chi connectivity index (χ4v) is 2.53. The molecular weight excluding hydrogens is 451 g/mol. The van der Waals surface area contributed by atoms with E-state index in [9.17, 15) is 0 Å². The number of aliphatic hydroxyl groups excluding tert-OH is 2. The average molecular weight is 481 g/mol. The Bertz CT molecular complexity index is 532. The van der Waals surface area contributed by atoms with E-state index in [4.69, 9.17) is 10.2 Å². The second-order valence-corrected chi connectivity index (χ2v) is 6.88. The zero-order valence-electron chi connectivity index (χ0n) is 16.4. The third-order valence-corrected chi connectivity index (χ3v) is 4.24. The molecule has 2 aromatic rings. The van der Waals surface area contributed by atoms with Crippen molar-refractivity contribution in [3.8, 4) is 0 Å². The summed E-state index contributed by atoms with van der Waals surface area (Å²) < 4.78 is 3.07. The summed E-state index contributed by atoms with van der Waals surface area (Å²) in [4.78, 5) is 0. The molecule has 9 heteroatoms. The molecule has 4 rings (SSSR count). The maximum absolute atomic E-state index is 8.69. The molecule has 168 valence electrons. The van der Waals surface area contributed by atoms with E-state index in [1.54, 1.807) is 24.8 Å². The molecule has 2 aliphatic rings. The molecule has 2 N–H and O–H groups in total. The van der Waals surface area contributed by atoms with Gasteiger partial charge in [-0.1, -0.05) is 31.8 Å². The minimum Gasteiger partial charge on any atom is -0.739 e. The van der Waals surface area contributed by atoms with Gasteiger partial charge >= 0.3 is 0 Å². The summed E-state index contributed by atoms with van der Waals surface area (Å²) in [5, 5.41) is 25.6. The van der Waals surface area contributed by atoms with Crippen LogP contribution in [0.5, 0.6) is 0 Å². The van der Waals surface area contributed by atoms with Crippen LogP contribution in [0.15, 0.2) is 61.2 Å². The number of hydrogen-bond acceptors (Lipinski definition) is 4. The fourth-order valence-electron chi connectivity index (χ4n) is 2.25. The molecule has 1 saturated heterocycles. The van der Waals surface area contributed by atoms with Gasteiger partial charge in [0, 0.05) is 52.4 Å². The Morgan fingerprint density at radius 1 is 0.690 bits per heavy atom. The minimum absolute atomic E-state index is 0. The molecule has 0 spiro atoms. The summed E-state index contributed by atoms with van der Waals surface area (Å²) in [6.45, 7) is 4.23. The monoisotopic (exact) mass is 480 g/mol. The number of aliphatic hydroxyl groups is 2. The van der Waals surface area contributed by atoms with Gasteiger partial charge in [-0.3, -0.25) is 0 Å². The van der Waals surface area contributed by atoms with Gasteiger partial charge in [0.1, 0.15) is 0 Å². The summed E-state index contributed by atoms with van der Waals surface area (Å²) in [5.74, 6) is 0. The molecule has 2 aromatic heterocycles. The van der Waals surface area contributed by atoms with Crippen LogP contribution in [0.25, 0.3) is 10.6 Å². The molecule has 0 aliphatic carbocycles. The van der Waals surface area contributed by atoms with Crippen molar-refractivity contribution in [1.82, 2.24) is 9.13 Å². The summed E-state index contributed by atoms with van der Waals surface area (Å²) in [5.41, 5.74) is -1.63. The third-order valence-electron chi connectivity index (χ3n) is 3.75. The van der Waals surface area contributed by atoms with E-state index in [0.29, 0.717) is 0 Å². The SMILES string of the molecule is C1=CC[N-]CC1.C1CC[N-]CC1.OC([S-])n1cccc1.OC([S-])n1cccc1.[Ni]. The molecule has 4 heterocycles. The Labute approximate surface area is 195 Å². The Kier molecular flexibility index (Phi) is 18.9. The van der Waals surface area contributed by atoms with Crippen molar-refractivity contribution in [2.24, 2.45) is 0 Å². The first-order chi connectivity index (χ1) is 13.6. The largest absolute Gasteiger partial charge is 0.739 e. The van der Waals surface area contributed by atoms with Crippen molar-refractivity contribution in [2.45, 2.75) is 36.8 Å². The van der Waals surface area contributed by atoms with Gasteiger partial charge in [-0.05, 0) is 24.3 Å². The van der Waals surface area contributed by atoms with Gasteiger partial charge < -0.3 is 55.2 Å². The van der Waals surface area contributed by atoms with E-state index in [1.807, 2.05) is 24.3 Å². The van der Waals surface area contributed by atoms with Crippen LogP contribution in [0.2, 0.25) is 0 Å². The van der Waals surface area contributed by atoms with Crippen LogP contribution < -0.4 is 0 Å². The maximum atomic E-state index is 8.69. The topological polar surface area (TPSA) is 78.5 Å². The third kappa shape index (κ3) is 15.8. The van der Waals surface area contributed by atoms with Crippen molar-refractivity contribution in [3.63, 3.8) is 0 Å². The summed E-state index contributed by atoms with van der Waals surface area (Å²) >= 11 is 9.04. The van der Waals surface area contributed by atoms with Gasteiger partial charge in [0.15, 0.2) is 0 Å². The molecule has 0 aromatic carbocycles. The first kappa shape index (κ1) is 28.3. The molecule has 2 atom stereocenters. The zero-order chi connectivity index (χ0) is 20.5. The Morgan fingerprint density at radius 2 is 1.17 bits per heavy atom. The van der Waals surface area contributed by atoms with Gasteiger partial charge in [-0.25, -0.2) is 0 Å². The fraction of sp³-hybridized carbons (Fsp3) is 0.500. The molecule has 6 nitrogen and oxygen atoms in total. The van der Waals surface area contributed by atoms with E-state index >= 15 is 0 Å². The van der Waals surface area contributed by atoms with Crippen LogP contribution in [0.1, 0.15) is 36.8 Å². The standard InChI is InChI=1S/2C5H7NOS.C5H10N.C5H8N.Ni/c2*7-5(8)6-3-1-2-4-6;2*1-2-4-6-5-3-1;/h2*1-5,7-8H;1-5H2;1-2H,3-5H2;/q;;2*-1;/p-2. The molecule has 0 saturated carbocycles. The van der Waals surface area contributed by atoms with Crippen LogP contribution in [-0.2, 0) is 41.7 Å². The van der Waals surface area contributed by atoms with E-state index < -0.39 is 11.1 Å². The first-order valence-corrected chi connectivity index (χ1v) is 10.4. The molecule has 2 aliphatic heterocycles. The number of piperidine rings is 1. The maximum Gasteiger partial charge on any atom is 0.0114 e. The summed E-state index contributed by atoms with van der Waals surface area (Å²) in [6, 6.07) is 7.26. The molecular formula is C20H30N4NiO2S2-4. The van der Waals surface area contributed by atoms with Crippen LogP contribution >= 0.6 is 0 Å². The molecule has 0 radical (unpaired) electrons. The van der Waals surface area contributed by atoms with Gasteiger partial charge in [-0.2, -0.15) is 0 Å². The summed E-state index contributed by atoms with van der Waals surface area (Å²) in [7, 11) is 0. The first-order valence-electron chi connectivity index (χ1n) is 9.45. The smallest absolute Gasteiger partial charge is 0.0114 e.